The molecule has 130 valence electrons. The van der Waals surface area contributed by atoms with E-state index in [2.05, 4.69) is 51.3 Å². The molecule has 1 saturated carbocycles. The molecule has 1 aromatic rings. The topological polar surface area (TPSA) is 12.4 Å². The van der Waals surface area contributed by atoms with E-state index < -0.39 is 6.17 Å². The van der Waals surface area contributed by atoms with Gasteiger partial charge in [-0.25, -0.2) is 4.39 Å². The summed E-state index contributed by atoms with van der Waals surface area (Å²) in [6.07, 6.45) is 9.53. The second kappa shape index (κ2) is 7.63. The van der Waals surface area contributed by atoms with E-state index >= 15 is 0 Å². The van der Waals surface area contributed by atoms with Crippen molar-refractivity contribution < 1.29 is 4.39 Å². The van der Waals surface area contributed by atoms with Crippen molar-refractivity contribution in [3.8, 4) is 0 Å². The smallest absolute Gasteiger partial charge is 0.100 e. The number of benzene rings is 1. The summed E-state index contributed by atoms with van der Waals surface area (Å²) in [4.78, 5) is 4.72. The fourth-order valence-electron chi connectivity index (χ4n) is 4.53. The van der Waals surface area contributed by atoms with E-state index in [4.69, 9.17) is 4.99 Å². The molecule has 1 atom stereocenters. The zero-order valence-corrected chi connectivity index (χ0v) is 15.3. The van der Waals surface area contributed by atoms with Crippen LogP contribution in [-0.2, 0) is 0 Å². The van der Waals surface area contributed by atoms with E-state index in [1.165, 1.54) is 29.5 Å². The molecule has 1 aliphatic heterocycles. The first-order valence-corrected chi connectivity index (χ1v) is 9.66. The third-order valence-corrected chi connectivity index (χ3v) is 6.06. The maximum atomic E-state index is 13.5. The van der Waals surface area contributed by atoms with E-state index in [1.54, 1.807) is 0 Å². The highest BCUT2D eigenvalue weighted by molar-refractivity contribution is 5.83. The van der Waals surface area contributed by atoms with Gasteiger partial charge in [-0.15, -0.1) is 0 Å². The summed E-state index contributed by atoms with van der Waals surface area (Å²) in [6.45, 7) is 6.65. The van der Waals surface area contributed by atoms with Crippen LogP contribution in [0.15, 0.2) is 29.3 Å². The number of aliphatic imine (C=N–C) groups is 1. The molecule has 1 aliphatic carbocycles. The number of hydrogen-bond donors (Lipinski definition) is 0. The minimum Gasteiger partial charge on any atom is -0.260 e. The van der Waals surface area contributed by atoms with Crippen molar-refractivity contribution >= 4 is 17.5 Å². The lowest BCUT2D eigenvalue weighted by Crippen LogP contribution is -2.16. The Morgan fingerprint density at radius 2 is 1.92 bits per heavy atom. The number of nitrogens with zero attached hydrogens (tertiary/aromatic N) is 1. The summed E-state index contributed by atoms with van der Waals surface area (Å²) in [7, 11) is 0. The lowest BCUT2D eigenvalue weighted by atomic mass is 9.79. The zero-order valence-electron chi connectivity index (χ0n) is 15.3. The summed E-state index contributed by atoms with van der Waals surface area (Å²) in [5, 5.41) is 0. The monoisotopic (exact) mass is 327 g/mol. The average Bonchev–Trinajstić information content (AvgIpc) is 3.02. The highest BCUT2D eigenvalue weighted by Crippen LogP contribution is 2.42. The molecule has 0 spiro atoms. The third kappa shape index (κ3) is 3.34. The van der Waals surface area contributed by atoms with Gasteiger partial charge in [-0.1, -0.05) is 44.9 Å². The quantitative estimate of drug-likeness (QED) is 0.560. The summed E-state index contributed by atoms with van der Waals surface area (Å²) in [5.74, 6) is 1.65. The predicted octanol–water partition coefficient (Wildman–Crippen LogP) is 6.85. The Labute approximate surface area is 146 Å². The molecule has 0 radical (unpaired) electrons. The number of halogens is 1. The second-order valence-corrected chi connectivity index (χ2v) is 7.35. The van der Waals surface area contributed by atoms with Crippen LogP contribution in [0.5, 0.6) is 0 Å². The molecule has 3 rings (SSSR count). The van der Waals surface area contributed by atoms with Gasteiger partial charge in [0.2, 0.25) is 0 Å². The summed E-state index contributed by atoms with van der Waals surface area (Å²) < 4.78 is 13.5. The lowest BCUT2D eigenvalue weighted by molar-refractivity contribution is 0.229. The first kappa shape index (κ1) is 17.4. The standard InChI is InChI=1S/C22H30FN/c1-4-15(5-2)21-14-24-22-13-17(9-12-20(21)22)19(6-3)16-7-10-18(23)11-8-16/h6,9,12-16,18,21H,4-5,7-8,10-11H2,1-3H3/b19-6-. The Bertz CT molecular complexity index is 619. The van der Waals surface area contributed by atoms with Gasteiger partial charge in [0.25, 0.3) is 0 Å². The van der Waals surface area contributed by atoms with Crippen molar-refractivity contribution in [2.24, 2.45) is 16.8 Å². The first-order valence-electron chi connectivity index (χ1n) is 9.66. The van der Waals surface area contributed by atoms with Crippen molar-refractivity contribution in [3.63, 3.8) is 0 Å². The van der Waals surface area contributed by atoms with Crippen molar-refractivity contribution in [2.75, 3.05) is 0 Å². The maximum absolute atomic E-state index is 13.5. The molecule has 24 heavy (non-hydrogen) atoms. The van der Waals surface area contributed by atoms with E-state index in [1.807, 2.05) is 0 Å². The summed E-state index contributed by atoms with van der Waals surface area (Å²) in [6, 6.07) is 6.80. The van der Waals surface area contributed by atoms with Crippen molar-refractivity contribution in [1.29, 1.82) is 0 Å². The molecule has 1 aromatic carbocycles. The average molecular weight is 327 g/mol. The zero-order chi connectivity index (χ0) is 17.1. The largest absolute Gasteiger partial charge is 0.260 e. The fourth-order valence-corrected chi connectivity index (χ4v) is 4.53. The minimum atomic E-state index is -0.593. The van der Waals surface area contributed by atoms with Crippen LogP contribution in [0.1, 0.15) is 76.3 Å². The van der Waals surface area contributed by atoms with Crippen LogP contribution < -0.4 is 0 Å². The molecule has 2 heteroatoms. The van der Waals surface area contributed by atoms with Gasteiger partial charge >= 0.3 is 0 Å². The Balaban J connectivity index is 1.83. The molecule has 0 N–H and O–H groups in total. The van der Waals surface area contributed by atoms with Crippen LogP contribution >= 0.6 is 0 Å². The molecule has 0 aromatic heterocycles. The van der Waals surface area contributed by atoms with Gasteiger partial charge in [0.1, 0.15) is 6.17 Å². The Morgan fingerprint density at radius 3 is 2.54 bits per heavy atom. The highest BCUT2D eigenvalue weighted by atomic mass is 19.1. The fraction of sp³-hybridized carbons (Fsp3) is 0.591. The number of allylic oxidation sites excluding steroid dienone is 2. The van der Waals surface area contributed by atoms with Crippen LogP contribution in [0.4, 0.5) is 10.1 Å². The summed E-state index contributed by atoms with van der Waals surface area (Å²) >= 11 is 0. The number of alkyl halides is 1. The van der Waals surface area contributed by atoms with Gasteiger partial charge in [0.05, 0.1) is 5.69 Å². The predicted molar refractivity (Wildman–Crippen MR) is 102 cm³/mol. The first-order chi connectivity index (χ1) is 11.7. The van der Waals surface area contributed by atoms with Crippen LogP contribution in [0.3, 0.4) is 0 Å². The Hall–Kier alpha value is -1.44. The van der Waals surface area contributed by atoms with E-state index in [0.29, 0.717) is 30.6 Å². The third-order valence-electron chi connectivity index (χ3n) is 6.06. The lowest BCUT2D eigenvalue weighted by Gasteiger charge is -2.27. The van der Waals surface area contributed by atoms with Gasteiger partial charge in [-0.2, -0.15) is 0 Å². The molecular formula is C22H30FN. The van der Waals surface area contributed by atoms with Gasteiger partial charge in [-0.05, 0) is 67.2 Å². The van der Waals surface area contributed by atoms with E-state index in [9.17, 15) is 4.39 Å². The van der Waals surface area contributed by atoms with E-state index in [0.717, 1.165) is 18.5 Å². The normalized spacial score (nSPS) is 26.9. The molecule has 0 bridgehead atoms. The Kier molecular flexibility index (Phi) is 5.53. The molecule has 1 heterocycles. The van der Waals surface area contributed by atoms with E-state index in [-0.39, 0.29) is 0 Å². The number of rotatable bonds is 5. The SMILES string of the molecule is C/C=C(\c1ccc2c(c1)N=CC2C(CC)CC)C1CCC(F)CC1. The molecule has 1 nitrogen and oxygen atoms in total. The van der Waals surface area contributed by atoms with Crippen molar-refractivity contribution in [3.05, 3.63) is 35.4 Å². The van der Waals surface area contributed by atoms with Crippen LogP contribution in [0.2, 0.25) is 0 Å². The molecule has 1 fully saturated rings. The molecule has 0 amide bonds. The van der Waals surface area contributed by atoms with Gasteiger partial charge in [0.15, 0.2) is 0 Å². The molecule has 1 unspecified atom stereocenters. The number of fused-ring (bicyclic) bond motifs is 1. The van der Waals surface area contributed by atoms with Crippen LogP contribution in [0, 0.1) is 11.8 Å². The molecule has 0 saturated heterocycles. The van der Waals surface area contributed by atoms with Gasteiger partial charge in [-0.3, -0.25) is 4.99 Å². The van der Waals surface area contributed by atoms with Gasteiger partial charge < -0.3 is 0 Å². The van der Waals surface area contributed by atoms with Crippen molar-refractivity contribution in [2.45, 2.75) is 71.4 Å². The Morgan fingerprint density at radius 1 is 1.21 bits per heavy atom. The number of hydrogen-bond acceptors (Lipinski definition) is 1. The molecule has 2 aliphatic rings. The van der Waals surface area contributed by atoms with Gasteiger partial charge in [0, 0.05) is 12.1 Å². The van der Waals surface area contributed by atoms with Crippen LogP contribution in [-0.4, -0.2) is 12.4 Å². The maximum Gasteiger partial charge on any atom is 0.100 e. The van der Waals surface area contributed by atoms with Crippen LogP contribution in [0.25, 0.3) is 5.57 Å². The molecular weight excluding hydrogens is 297 g/mol. The second-order valence-electron chi connectivity index (χ2n) is 7.35. The summed E-state index contributed by atoms with van der Waals surface area (Å²) in [5.41, 5.74) is 5.19. The minimum absolute atomic E-state index is 0.472. The van der Waals surface area contributed by atoms with Crippen molar-refractivity contribution in [1.82, 2.24) is 0 Å². The highest BCUT2D eigenvalue weighted by Gasteiger charge is 2.27.